The number of hydrogen-bond donors (Lipinski definition) is 2. The quantitative estimate of drug-likeness (QED) is 0.530. The van der Waals surface area contributed by atoms with Crippen molar-refractivity contribution < 1.29 is 17.9 Å². The molecule has 1 saturated heterocycles. The first-order valence-electron chi connectivity index (χ1n) is 9.80. The number of rotatable bonds is 7. The van der Waals surface area contributed by atoms with Crippen LogP contribution in [0.2, 0.25) is 0 Å². The van der Waals surface area contributed by atoms with Gasteiger partial charge in [-0.2, -0.15) is 0 Å². The van der Waals surface area contributed by atoms with Gasteiger partial charge in [-0.3, -0.25) is 0 Å². The summed E-state index contributed by atoms with van der Waals surface area (Å²) in [6.07, 6.45) is 7.50. The lowest BCUT2D eigenvalue weighted by atomic mass is 9.82. The maximum atomic E-state index is 14.0. The highest BCUT2D eigenvalue weighted by atomic mass is 32.2. The predicted molar refractivity (Wildman–Crippen MR) is 104 cm³/mol. The first kappa shape index (κ1) is 21.0. The van der Waals surface area contributed by atoms with Crippen molar-refractivity contribution in [3.63, 3.8) is 0 Å². The van der Waals surface area contributed by atoms with Crippen LogP contribution in [0.1, 0.15) is 50.0 Å². The molecule has 2 N–H and O–H groups in total. The van der Waals surface area contributed by atoms with Gasteiger partial charge < -0.3 is 15.4 Å². The van der Waals surface area contributed by atoms with Crippen molar-refractivity contribution in [3.05, 3.63) is 35.1 Å². The highest BCUT2D eigenvalue weighted by Gasteiger charge is 2.29. The molecule has 152 valence electrons. The topological polar surface area (TPSA) is 33.3 Å². The third-order valence-corrected chi connectivity index (χ3v) is 6.18. The van der Waals surface area contributed by atoms with Crippen molar-refractivity contribution in [1.82, 2.24) is 10.6 Å². The van der Waals surface area contributed by atoms with Crippen LogP contribution in [-0.2, 0) is 4.74 Å². The molecule has 1 aliphatic carbocycles. The van der Waals surface area contributed by atoms with Gasteiger partial charge in [0.05, 0.1) is 12.7 Å². The Labute approximate surface area is 163 Å². The summed E-state index contributed by atoms with van der Waals surface area (Å²) in [7, 11) is 0. The Morgan fingerprint density at radius 3 is 2.67 bits per heavy atom. The summed E-state index contributed by atoms with van der Waals surface area (Å²) in [5, 5.41) is 7.10. The fourth-order valence-electron chi connectivity index (χ4n) is 4.22. The van der Waals surface area contributed by atoms with E-state index in [4.69, 9.17) is 4.74 Å². The van der Waals surface area contributed by atoms with Crippen molar-refractivity contribution in [2.45, 2.75) is 62.6 Å². The van der Waals surface area contributed by atoms with Gasteiger partial charge in [-0.1, -0.05) is 0 Å². The van der Waals surface area contributed by atoms with E-state index in [1.54, 1.807) is 11.8 Å². The molecule has 1 saturated carbocycles. The summed E-state index contributed by atoms with van der Waals surface area (Å²) < 4.78 is 47.1. The van der Waals surface area contributed by atoms with Crippen molar-refractivity contribution in [1.29, 1.82) is 0 Å². The van der Waals surface area contributed by atoms with E-state index in [0.29, 0.717) is 37.6 Å². The highest BCUT2D eigenvalue weighted by Crippen LogP contribution is 2.36. The molecule has 1 aromatic carbocycles. The fourth-order valence-corrected chi connectivity index (χ4v) is 4.60. The molecule has 0 amide bonds. The Hall–Kier alpha value is -0.760. The Kier molecular flexibility index (Phi) is 7.87. The van der Waals surface area contributed by atoms with Crippen LogP contribution in [0, 0.1) is 17.5 Å². The Balaban J connectivity index is 1.48. The molecule has 7 heteroatoms. The second-order valence-corrected chi connectivity index (χ2v) is 8.41. The van der Waals surface area contributed by atoms with Crippen LogP contribution < -0.4 is 10.6 Å². The van der Waals surface area contributed by atoms with Crippen LogP contribution in [0.25, 0.3) is 0 Å². The van der Waals surface area contributed by atoms with Gasteiger partial charge in [0.2, 0.25) is 0 Å². The van der Waals surface area contributed by atoms with Gasteiger partial charge in [0, 0.05) is 24.0 Å². The third kappa shape index (κ3) is 5.62. The normalized spacial score (nSPS) is 29.0. The van der Waals surface area contributed by atoms with Gasteiger partial charge in [-0.05, 0) is 68.9 Å². The molecule has 3 rings (SSSR count). The minimum absolute atomic E-state index is 0.132. The molecule has 0 unspecified atom stereocenters. The second kappa shape index (κ2) is 10.1. The van der Waals surface area contributed by atoms with Gasteiger partial charge >= 0.3 is 0 Å². The monoisotopic (exact) mass is 402 g/mol. The first-order valence-corrected chi connectivity index (χ1v) is 11.2. The lowest BCUT2D eigenvalue weighted by Crippen LogP contribution is -2.54. The maximum absolute atomic E-state index is 14.0. The minimum Gasteiger partial charge on any atom is -0.377 e. The molecular formula is C20H29F3N2OS. The number of hydrogen-bond acceptors (Lipinski definition) is 4. The zero-order chi connectivity index (χ0) is 19.2. The number of piperidine rings is 1. The zero-order valence-electron chi connectivity index (χ0n) is 15.8. The first-order chi connectivity index (χ1) is 13.1. The van der Waals surface area contributed by atoms with Gasteiger partial charge in [-0.15, -0.1) is 11.8 Å². The molecular weight excluding hydrogens is 373 g/mol. The van der Waals surface area contributed by atoms with Crippen LogP contribution in [0.3, 0.4) is 0 Å². The van der Waals surface area contributed by atoms with Crippen molar-refractivity contribution in [3.8, 4) is 0 Å². The number of benzene rings is 1. The average molecular weight is 403 g/mol. The van der Waals surface area contributed by atoms with Crippen LogP contribution >= 0.6 is 11.8 Å². The van der Waals surface area contributed by atoms with Gasteiger partial charge in [0.15, 0.2) is 11.6 Å². The molecule has 1 heterocycles. The van der Waals surface area contributed by atoms with E-state index in [1.165, 1.54) is 6.42 Å². The fraction of sp³-hybridized carbons (Fsp3) is 0.700. The SMILES string of the molecule is CSCN[C@H]1CCCN[C@H]1CO[C@H]1CC[C@@H](c2cc(F)cc(F)c2F)CC1. The lowest BCUT2D eigenvalue weighted by molar-refractivity contribution is 0.00396. The van der Waals surface area contributed by atoms with E-state index in [1.807, 2.05) is 0 Å². The second-order valence-electron chi connectivity index (χ2n) is 7.54. The van der Waals surface area contributed by atoms with Crippen molar-refractivity contribution in [2.24, 2.45) is 0 Å². The standard InChI is InChI=1S/C20H29F3N2OS/c1-27-12-25-18-3-2-8-24-19(18)11-26-15-6-4-13(5-7-15)16-9-14(21)10-17(22)20(16)23/h9-10,13,15,18-19,24-25H,2-8,11-12H2,1H3/t13-,15+,18-,19-/m0/s1. The van der Waals surface area contributed by atoms with E-state index in [-0.39, 0.29) is 17.6 Å². The summed E-state index contributed by atoms with van der Waals surface area (Å²) in [5.41, 5.74) is 0.168. The van der Waals surface area contributed by atoms with Crippen LogP contribution in [0.4, 0.5) is 13.2 Å². The molecule has 2 fully saturated rings. The average Bonchev–Trinajstić information content (AvgIpc) is 2.68. The molecule has 1 aromatic rings. The van der Waals surface area contributed by atoms with Gasteiger partial charge in [-0.25, -0.2) is 13.2 Å². The van der Waals surface area contributed by atoms with Gasteiger partial charge in [0.25, 0.3) is 0 Å². The van der Waals surface area contributed by atoms with E-state index >= 15 is 0 Å². The molecule has 3 nitrogen and oxygen atoms in total. The third-order valence-electron chi connectivity index (χ3n) is 5.72. The van der Waals surface area contributed by atoms with E-state index in [9.17, 15) is 13.2 Å². The highest BCUT2D eigenvalue weighted by molar-refractivity contribution is 7.98. The predicted octanol–water partition coefficient (Wildman–Crippen LogP) is 4.18. The number of nitrogens with one attached hydrogen (secondary N) is 2. The number of ether oxygens (including phenoxy) is 1. The van der Waals surface area contributed by atoms with Crippen molar-refractivity contribution in [2.75, 3.05) is 25.3 Å². The Morgan fingerprint density at radius 2 is 1.93 bits per heavy atom. The summed E-state index contributed by atoms with van der Waals surface area (Å²) in [4.78, 5) is 0. The molecule has 2 atom stereocenters. The summed E-state index contributed by atoms with van der Waals surface area (Å²) >= 11 is 1.78. The summed E-state index contributed by atoms with van der Waals surface area (Å²) in [6.45, 7) is 1.67. The summed E-state index contributed by atoms with van der Waals surface area (Å²) in [6, 6.07) is 2.47. The molecule has 0 aromatic heterocycles. The van der Waals surface area contributed by atoms with Gasteiger partial charge in [0.1, 0.15) is 5.82 Å². The smallest absolute Gasteiger partial charge is 0.162 e. The molecule has 27 heavy (non-hydrogen) atoms. The molecule has 2 aliphatic rings. The molecule has 1 aliphatic heterocycles. The van der Waals surface area contributed by atoms with E-state index in [2.05, 4.69) is 16.9 Å². The summed E-state index contributed by atoms with van der Waals surface area (Å²) in [5.74, 6) is -1.93. The van der Waals surface area contributed by atoms with E-state index in [0.717, 1.165) is 37.8 Å². The van der Waals surface area contributed by atoms with Crippen LogP contribution in [-0.4, -0.2) is 43.5 Å². The Morgan fingerprint density at radius 1 is 1.15 bits per heavy atom. The van der Waals surface area contributed by atoms with E-state index < -0.39 is 17.5 Å². The maximum Gasteiger partial charge on any atom is 0.162 e. The molecule has 0 bridgehead atoms. The zero-order valence-corrected chi connectivity index (χ0v) is 16.6. The minimum atomic E-state index is -1.10. The number of thioether (sulfide) groups is 1. The van der Waals surface area contributed by atoms with Crippen LogP contribution in [0.15, 0.2) is 12.1 Å². The Bertz CT molecular complexity index is 611. The largest absolute Gasteiger partial charge is 0.377 e. The number of halogens is 3. The van der Waals surface area contributed by atoms with Crippen molar-refractivity contribution >= 4 is 11.8 Å². The van der Waals surface area contributed by atoms with Crippen LogP contribution in [0.5, 0.6) is 0 Å². The molecule has 0 radical (unpaired) electrons. The molecule has 0 spiro atoms. The lowest BCUT2D eigenvalue weighted by Gasteiger charge is -2.35.